The largest absolute Gasteiger partial charge is 0.481 e. The maximum absolute atomic E-state index is 12.5. The zero-order valence-corrected chi connectivity index (χ0v) is 24.8. The molecule has 45 heavy (non-hydrogen) atoms. The second-order valence-electron chi connectivity index (χ2n) is 9.34. The molecule has 2 aliphatic heterocycles. The Bertz CT molecular complexity index is 1410. The molecule has 2 aromatic rings. The maximum atomic E-state index is 12.5. The molecule has 2 aliphatic rings. The van der Waals surface area contributed by atoms with Gasteiger partial charge in [0.2, 0.25) is 18.1 Å². The van der Waals surface area contributed by atoms with Gasteiger partial charge in [-0.1, -0.05) is 18.2 Å². The number of carbonyl (C=O) groups excluding carboxylic acids is 3. The van der Waals surface area contributed by atoms with E-state index in [1.165, 1.54) is 23.8 Å². The third kappa shape index (κ3) is 15.1. The number of ether oxygens (including phenoxy) is 3. The summed E-state index contributed by atoms with van der Waals surface area (Å²) in [6.07, 6.45) is 1.32. The van der Waals surface area contributed by atoms with Crippen LogP contribution in [-0.2, 0) is 38.2 Å². The topological polar surface area (TPSA) is 272 Å². The lowest BCUT2D eigenvalue weighted by Gasteiger charge is -2.29. The van der Waals surface area contributed by atoms with Crippen molar-refractivity contribution in [3.63, 3.8) is 0 Å². The summed E-state index contributed by atoms with van der Waals surface area (Å²) in [5.41, 5.74) is 9.52. The van der Waals surface area contributed by atoms with E-state index in [2.05, 4.69) is 16.0 Å². The van der Waals surface area contributed by atoms with Crippen LogP contribution in [0, 0.1) is 0 Å². The van der Waals surface area contributed by atoms with Crippen molar-refractivity contribution in [3.8, 4) is 0 Å². The zero-order chi connectivity index (χ0) is 34.1. The van der Waals surface area contributed by atoms with Gasteiger partial charge in [-0.2, -0.15) is 0 Å². The van der Waals surface area contributed by atoms with Crippen molar-refractivity contribution in [3.05, 3.63) is 75.3 Å². The molecular weight excluding hydrogens is 598 g/mol. The highest BCUT2D eigenvalue weighted by Crippen LogP contribution is 2.31. The number of hydrogen-bond acceptors (Lipinski definition) is 10. The first-order valence-electron chi connectivity index (χ1n) is 13.4. The summed E-state index contributed by atoms with van der Waals surface area (Å²) < 4.78 is 18.6. The van der Waals surface area contributed by atoms with E-state index in [4.69, 9.17) is 39.7 Å². The molecule has 0 bridgehead atoms. The van der Waals surface area contributed by atoms with Gasteiger partial charge in [0.1, 0.15) is 6.23 Å². The summed E-state index contributed by atoms with van der Waals surface area (Å²) in [6, 6.07) is 10.1. The number of hydrogen-bond donors (Lipinski definition) is 6. The number of allylic oxidation sites excluding steroid dienone is 1. The fraction of sp³-hybridized carbons (Fsp3) is 0.393. The van der Waals surface area contributed by atoms with Crippen LogP contribution in [0.4, 0.5) is 5.69 Å². The van der Waals surface area contributed by atoms with Crippen LogP contribution in [-0.4, -0.2) is 67.9 Å². The van der Waals surface area contributed by atoms with Crippen LogP contribution < -0.4 is 28.0 Å². The molecule has 4 atom stereocenters. The van der Waals surface area contributed by atoms with Crippen molar-refractivity contribution < 1.29 is 48.4 Å². The molecule has 246 valence electrons. The average molecular weight is 636 g/mol. The van der Waals surface area contributed by atoms with Crippen LogP contribution >= 0.6 is 0 Å². The van der Waals surface area contributed by atoms with Gasteiger partial charge in [0.25, 0.3) is 23.4 Å². The highest BCUT2D eigenvalue weighted by Gasteiger charge is 2.39. The van der Waals surface area contributed by atoms with Gasteiger partial charge in [0.05, 0.1) is 6.10 Å². The van der Waals surface area contributed by atoms with Crippen LogP contribution in [0.2, 0.25) is 0 Å². The number of primary amides is 2. The minimum atomic E-state index is -1.14. The van der Waals surface area contributed by atoms with Crippen molar-refractivity contribution in [2.24, 2.45) is 11.5 Å². The fourth-order valence-corrected chi connectivity index (χ4v) is 3.78. The maximum Gasteiger partial charge on any atom is 0.330 e. The molecule has 8 N–H and O–H groups in total. The number of aromatic nitrogens is 2. The second-order valence-corrected chi connectivity index (χ2v) is 9.34. The molecule has 1 aromatic carbocycles. The Labute approximate surface area is 256 Å². The first-order valence-corrected chi connectivity index (χ1v) is 13.4. The summed E-state index contributed by atoms with van der Waals surface area (Å²) in [5.74, 6) is -3.09. The third-order valence-electron chi connectivity index (χ3n) is 5.35. The molecular formula is C28H37N5O12. The third-order valence-corrected chi connectivity index (χ3v) is 5.35. The number of amides is 3. The van der Waals surface area contributed by atoms with Crippen LogP contribution in [0.1, 0.15) is 52.7 Å². The highest BCUT2D eigenvalue weighted by molar-refractivity contribution is 6.02. The SMILES string of the molecule is CC(=O)O.CC(=O)O.CC(N)=O.NC(=O)C(OC1CCC=C(C(=O)Nc2ccccc2)O1)C1CCC(n2ccc(=O)[nH]c2=O)O1. The van der Waals surface area contributed by atoms with Gasteiger partial charge in [-0.25, -0.2) is 4.79 Å². The first-order chi connectivity index (χ1) is 21.1. The normalized spacial score (nSPS) is 18.7. The number of nitrogens with one attached hydrogen (secondary N) is 2. The number of H-pyrrole nitrogens is 1. The van der Waals surface area contributed by atoms with E-state index in [9.17, 15) is 24.0 Å². The Morgan fingerprint density at radius 3 is 2.09 bits per heavy atom. The van der Waals surface area contributed by atoms with Crippen LogP contribution in [0.3, 0.4) is 0 Å². The van der Waals surface area contributed by atoms with Crippen LogP contribution in [0.25, 0.3) is 0 Å². The summed E-state index contributed by atoms with van der Waals surface area (Å²) in [7, 11) is 0. The van der Waals surface area contributed by atoms with Gasteiger partial charge < -0.3 is 41.2 Å². The smallest absolute Gasteiger partial charge is 0.330 e. The summed E-state index contributed by atoms with van der Waals surface area (Å²) in [6.45, 7) is 3.47. The van der Waals surface area contributed by atoms with Gasteiger partial charge in [-0.3, -0.25) is 38.3 Å². The molecule has 1 saturated heterocycles. The first kappa shape index (κ1) is 37.7. The van der Waals surface area contributed by atoms with E-state index in [-0.39, 0.29) is 11.7 Å². The molecule has 0 radical (unpaired) electrons. The molecule has 3 amide bonds. The number of aliphatic carboxylic acids is 2. The van der Waals surface area contributed by atoms with Gasteiger partial charge in [-0.05, 0) is 37.5 Å². The van der Waals surface area contributed by atoms with Crippen LogP contribution in [0.5, 0.6) is 0 Å². The number of nitrogens with zero attached hydrogens (tertiary/aromatic N) is 1. The quantitative estimate of drug-likeness (QED) is 0.241. The lowest BCUT2D eigenvalue weighted by molar-refractivity contribution is -0.194. The number of benzene rings is 1. The Morgan fingerprint density at radius 1 is 0.978 bits per heavy atom. The zero-order valence-electron chi connectivity index (χ0n) is 24.8. The van der Waals surface area contributed by atoms with Gasteiger partial charge in [-0.15, -0.1) is 0 Å². The summed E-state index contributed by atoms with van der Waals surface area (Å²) >= 11 is 0. The number of rotatable bonds is 7. The molecule has 17 heteroatoms. The predicted octanol–water partition coefficient (Wildman–Crippen LogP) is 0.417. The molecule has 4 unspecified atom stereocenters. The molecule has 1 aromatic heterocycles. The Kier molecular flexibility index (Phi) is 16.0. The average Bonchev–Trinajstić information content (AvgIpc) is 3.41. The standard InChI is InChI=1S/C22H24N4O7.C2H5NO.2C2H4O2/c23-20(28)19(14-9-10-17(31-14)26-12-11-16(27)25-22(26)30)33-18-8-4-7-15(32-18)21(29)24-13-5-2-1-3-6-13;3*1-2(3)4/h1-3,5-7,11-12,14,17-19H,4,8-10H2,(H2,23,28)(H,24,29)(H,25,27,30);1H3,(H2,3,4);2*1H3,(H,3,4). The van der Waals surface area contributed by atoms with Crippen molar-refractivity contribution >= 4 is 35.3 Å². The van der Waals surface area contributed by atoms with Crippen molar-refractivity contribution in [2.45, 2.75) is 71.2 Å². The number of para-hydroxylation sites is 1. The second kappa shape index (κ2) is 19.1. The van der Waals surface area contributed by atoms with Crippen molar-refractivity contribution in [2.75, 3.05) is 5.32 Å². The summed E-state index contributed by atoms with van der Waals surface area (Å²) in [5, 5.41) is 17.6. The molecule has 4 rings (SSSR count). The lowest BCUT2D eigenvalue weighted by atomic mass is 10.1. The Morgan fingerprint density at radius 2 is 1.56 bits per heavy atom. The van der Waals surface area contributed by atoms with Crippen molar-refractivity contribution in [1.29, 1.82) is 0 Å². The number of carbonyl (C=O) groups is 5. The van der Waals surface area contributed by atoms with E-state index in [1.54, 1.807) is 30.3 Å². The Balaban J connectivity index is 0.000000724. The van der Waals surface area contributed by atoms with Gasteiger partial charge in [0.15, 0.2) is 11.9 Å². The van der Waals surface area contributed by atoms with Crippen molar-refractivity contribution in [1.82, 2.24) is 9.55 Å². The number of aromatic amines is 1. The van der Waals surface area contributed by atoms with Crippen LogP contribution in [0.15, 0.2) is 64.0 Å². The van der Waals surface area contributed by atoms with Gasteiger partial charge in [0, 0.05) is 45.1 Å². The summed E-state index contributed by atoms with van der Waals surface area (Å²) in [4.78, 5) is 77.3. The molecule has 17 nitrogen and oxygen atoms in total. The Hall–Kier alpha value is -5.29. The molecule has 3 heterocycles. The van der Waals surface area contributed by atoms with E-state index >= 15 is 0 Å². The minimum Gasteiger partial charge on any atom is -0.481 e. The fourth-order valence-electron chi connectivity index (χ4n) is 3.78. The van der Waals surface area contributed by atoms with E-state index < -0.39 is 59.7 Å². The van der Waals surface area contributed by atoms with E-state index in [0.717, 1.165) is 13.8 Å². The molecule has 0 aliphatic carbocycles. The number of nitrogens with two attached hydrogens (primary N) is 2. The van der Waals surface area contributed by atoms with Gasteiger partial charge >= 0.3 is 5.69 Å². The number of carboxylic acid groups (broad SMARTS) is 2. The van der Waals surface area contributed by atoms with E-state index in [1.807, 2.05) is 6.07 Å². The minimum absolute atomic E-state index is 0.0864. The number of anilines is 1. The van der Waals surface area contributed by atoms with E-state index in [0.29, 0.717) is 31.4 Å². The molecule has 0 spiro atoms. The predicted molar refractivity (Wildman–Crippen MR) is 157 cm³/mol. The number of carboxylic acids is 2. The highest BCUT2D eigenvalue weighted by atomic mass is 16.7. The molecule has 1 fully saturated rings. The molecule has 0 saturated carbocycles. The lowest BCUT2D eigenvalue weighted by Crippen LogP contribution is -2.44. The monoisotopic (exact) mass is 635 g/mol.